The van der Waals surface area contributed by atoms with Gasteiger partial charge in [-0.05, 0) is 69.2 Å². The predicted molar refractivity (Wildman–Crippen MR) is 132 cm³/mol. The lowest BCUT2D eigenvalue weighted by atomic mass is 9.67. The molecule has 1 aliphatic carbocycles. The summed E-state index contributed by atoms with van der Waals surface area (Å²) < 4.78 is 0. The number of hydrogen-bond acceptors (Lipinski definition) is 2. The molecule has 166 valence electrons. The number of likely N-dealkylation sites (N-methyl/N-ethyl adjacent to an activating group) is 1. The van der Waals surface area contributed by atoms with E-state index in [0.717, 1.165) is 50.8 Å². The van der Waals surface area contributed by atoms with E-state index in [0.29, 0.717) is 22.0 Å². The van der Waals surface area contributed by atoms with Crippen LogP contribution in [0.5, 0.6) is 0 Å². The molecule has 4 heteroatoms. The molecular weight excluding hydrogens is 423 g/mol. The highest BCUT2D eigenvalue weighted by Gasteiger charge is 2.44. The molecule has 2 aromatic rings. The van der Waals surface area contributed by atoms with Crippen molar-refractivity contribution >= 4 is 23.2 Å². The molecule has 2 atom stereocenters. The summed E-state index contributed by atoms with van der Waals surface area (Å²) in [4.78, 5) is 2.53. The molecule has 0 heterocycles. The van der Waals surface area contributed by atoms with Gasteiger partial charge in [0.15, 0.2) is 0 Å². The van der Waals surface area contributed by atoms with Crippen LogP contribution in [0, 0.1) is 17.2 Å². The summed E-state index contributed by atoms with van der Waals surface area (Å²) in [5.41, 5.74) is 1.61. The zero-order chi connectivity index (χ0) is 22.3. The topological polar surface area (TPSA) is 27.0 Å². The molecule has 0 aliphatic heterocycles. The van der Waals surface area contributed by atoms with E-state index in [9.17, 15) is 5.26 Å². The maximum atomic E-state index is 10.5. The fourth-order valence-corrected chi connectivity index (χ4v) is 6.04. The van der Waals surface area contributed by atoms with Crippen LogP contribution in [0.25, 0.3) is 0 Å². The van der Waals surface area contributed by atoms with Gasteiger partial charge in [0, 0.05) is 28.2 Å². The van der Waals surface area contributed by atoms with Crippen molar-refractivity contribution in [2.24, 2.45) is 5.92 Å². The van der Waals surface area contributed by atoms with Gasteiger partial charge in [0.1, 0.15) is 0 Å². The van der Waals surface area contributed by atoms with Crippen LogP contribution in [0.3, 0.4) is 0 Å². The Kier molecular flexibility index (Phi) is 8.85. The molecule has 1 saturated carbocycles. The lowest BCUT2D eigenvalue weighted by Gasteiger charge is -2.37. The Bertz CT molecular complexity index is 850. The lowest BCUT2D eigenvalue weighted by Crippen LogP contribution is -2.39. The van der Waals surface area contributed by atoms with E-state index in [1.165, 1.54) is 18.4 Å². The van der Waals surface area contributed by atoms with Gasteiger partial charge >= 0.3 is 0 Å². The van der Waals surface area contributed by atoms with Gasteiger partial charge in [0.2, 0.25) is 0 Å². The zero-order valence-corrected chi connectivity index (χ0v) is 20.3. The molecule has 1 fully saturated rings. The Balaban J connectivity index is 1.77. The Labute approximate surface area is 198 Å². The van der Waals surface area contributed by atoms with E-state index in [2.05, 4.69) is 55.1 Å². The number of halogens is 2. The van der Waals surface area contributed by atoms with Crippen molar-refractivity contribution in [2.75, 3.05) is 13.1 Å². The maximum Gasteiger partial charge on any atom is 0.0879 e. The molecule has 0 N–H and O–H groups in total. The average molecular weight is 457 g/mol. The first-order valence-corrected chi connectivity index (χ1v) is 12.4. The first-order valence-electron chi connectivity index (χ1n) is 11.7. The Morgan fingerprint density at radius 2 is 1.71 bits per heavy atom. The Morgan fingerprint density at radius 3 is 2.29 bits per heavy atom. The first kappa shape index (κ1) is 24.1. The number of hydrogen-bond donors (Lipinski definition) is 0. The zero-order valence-electron chi connectivity index (χ0n) is 18.8. The first-order chi connectivity index (χ1) is 15.0. The van der Waals surface area contributed by atoms with Crippen molar-refractivity contribution in [1.82, 2.24) is 4.90 Å². The van der Waals surface area contributed by atoms with Crippen LogP contribution in [-0.2, 0) is 11.8 Å². The van der Waals surface area contributed by atoms with Crippen LogP contribution >= 0.6 is 23.2 Å². The maximum absolute atomic E-state index is 10.5. The number of rotatable bonds is 10. The smallest absolute Gasteiger partial charge is 0.0879 e. The van der Waals surface area contributed by atoms with Gasteiger partial charge < -0.3 is 4.90 Å². The van der Waals surface area contributed by atoms with Crippen molar-refractivity contribution in [2.45, 2.75) is 70.3 Å². The van der Waals surface area contributed by atoms with Gasteiger partial charge in [-0.2, -0.15) is 5.26 Å². The molecule has 0 amide bonds. The van der Waals surface area contributed by atoms with E-state index < -0.39 is 5.41 Å². The SMILES string of the molecule is CCN(CCc1ccccc1)C(C)CCC(C#N)(c1c(Cl)cccc1Cl)C1CCCC1. The number of nitrogens with zero attached hydrogens (tertiary/aromatic N) is 2. The van der Waals surface area contributed by atoms with Gasteiger partial charge in [-0.25, -0.2) is 0 Å². The van der Waals surface area contributed by atoms with Crippen molar-refractivity contribution in [3.8, 4) is 6.07 Å². The van der Waals surface area contributed by atoms with E-state index in [1.807, 2.05) is 18.2 Å². The predicted octanol–water partition coefficient (Wildman–Crippen LogP) is 7.68. The van der Waals surface area contributed by atoms with E-state index in [-0.39, 0.29) is 0 Å². The third-order valence-electron chi connectivity index (χ3n) is 7.18. The van der Waals surface area contributed by atoms with Crippen LogP contribution in [-0.4, -0.2) is 24.0 Å². The van der Waals surface area contributed by atoms with Gasteiger partial charge in [0.25, 0.3) is 0 Å². The second-order valence-electron chi connectivity index (χ2n) is 8.91. The highest BCUT2D eigenvalue weighted by molar-refractivity contribution is 6.36. The molecule has 2 unspecified atom stereocenters. The molecule has 1 aliphatic rings. The van der Waals surface area contributed by atoms with E-state index in [4.69, 9.17) is 23.2 Å². The van der Waals surface area contributed by atoms with Gasteiger partial charge in [-0.1, -0.05) is 79.4 Å². The van der Waals surface area contributed by atoms with Crippen LogP contribution in [0.1, 0.15) is 63.5 Å². The minimum atomic E-state index is -0.612. The molecule has 0 spiro atoms. The highest BCUT2D eigenvalue weighted by atomic mass is 35.5. The summed E-state index contributed by atoms with van der Waals surface area (Å²) in [6.45, 7) is 6.54. The van der Waals surface area contributed by atoms with Crippen LogP contribution in [0.2, 0.25) is 10.0 Å². The fourth-order valence-electron chi connectivity index (χ4n) is 5.31. The normalized spacial score (nSPS) is 17.4. The largest absolute Gasteiger partial charge is 0.301 e. The minimum Gasteiger partial charge on any atom is -0.301 e. The minimum absolute atomic E-state index is 0.321. The van der Waals surface area contributed by atoms with Crippen molar-refractivity contribution in [3.63, 3.8) is 0 Å². The van der Waals surface area contributed by atoms with Crippen LogP contribution in [0.4, 0.5) is 0 Å². The van der Waals surface area contributed by atoms with Crippen molar-refractivity contribution < 1.29 is 0 Å². The molecule has 0 saturated heterocycles. The summed E-state index contributed by atoms with van der Waals surface area (Å²) >= 11 is 13.3. The molecule has 3 rings (SSSR count). The standard InChI is InChI=1S/C27H34Cl2N2/c1-3-31(19-17-22-10-5-4-6-11-22)21(2)16-18-27(20-30,23-12-7-8-13-23)26-24(28)14-9-15-25(26)29/h4-6,9-11,14-15,21,23H,3,7-8,12-13,16-19H2,1-2H3. The average Bonchev–Trinajstić information content (AvgIpc) is 3.32. The van der Waals surface area contributed by atoms with E-state index >= 15 is 0 Å². The Hall–Kier alpha value is -1.53. The van der Waals surface area contributed by atoms with Gasteiger partial charge in [-0.15, -0.1) is 0 Å². The third kappa shape index (κ3) is 5.64. The summed E-state index contributed by atoms with van der Waals surface area (Å²) in [6.07, 6.45) is 7.31. The molecular formula is C27H34Cl2N2. The summed E-state index contributed by atoms with van der Waals surface area (Å²) in [5, 5.41) is 11.8. The molecule has 31 heavy (non-hydrogen) atoms. The molecule has 2 aromatic carbocycles. The lowest BCUT2D eigenvalue weighted by molar-refractivity contribution is 0.192. The van der Waals surface area contributed by atoms with Crippen molar-refractivity contribution in [1.29, 1.82) is 5.26 Å². The third-order valence-corrected chi connectivity index (χ3v) is 7.81. The van der Waals surface area contributed by atoms with Gasteiger partial charge in [0.05, 0.1) is 11.5 Å². The van der Waals surface area contributed by atoms with Crippen LogP contribution in [0.15, 0.2) is 48.5 Å². The second-order valence-corrected chi connectivity index (χ2v) is 9.73. The van der Waals surface area contributed by atoms with Crippen LogP contribution < -0.4 is 0 Å². The number of nitriles is 1. The Morgan fingerprint density at radius 1 is 1.06 bits per heavy atom. The van der Waals surface area contributed by atoms with E-state index in [1.54, 1.807) is 0 Å². The quantitative estimate of drug-likeness (QED) is 0.366. The monoisotopic (exact) mass is 456 g/mol. The molecule has 0 aromatic heterocycles. The molecule has 0 radical (unpaired) electrons. The molecule has 0 bridgehead atoms. The summed E-state index contributed by atoms with van der Waals surface area (Å²) in [7, 11) is 0. The van der Waals surface area contributed by atoms with Crippen molar-refractivity contribution in [3.05, 3.63) is 69.7 Å². The van der Waals surface area contributed by atoms with Gasteiger partial charge in [-0.3, -0.25) is 0 Å². The fraction of sp³-hybridized carbons (Fsp3) is 0.519. The second kappa shape index (κ2) is 11.4. The summed E-state index contributed by atoms with van der Waals surface area (Å²) in [5.74, 6) is 0.321. The number of benzene rings is 2. The highest BCUT2D eigenvalue weighted by Crippen LogP contribution is 2.49. The molecule has 2 nitrogen and oxygen atoms in total. The summed E-state index contributed by atoms with van der Waals surface area (Å²) in [6, 6.07) is 19.4.